The Morgan fingerprint density at radius 2 is 2.23 bits per heavy atom. The number of amides is 2. The van der Waals surface area contributed by atoms with Crippen LogP contribution in [-0.2, 0) is 6.54 Å². The lowest BCUT2D eigenvalue weighted by Crippen LogP contribution is -2.47. The molecule has 0 unspecified atom stereocenters. The molecule has 122 valence electrons. The van der Waals surface area contributed by atoms with E-state index in [0.717, 1.165) is 25.6 Å². The molecule has 2 rings (SSSR count). The molecule has 1 aliphatic rings. The number of nitrogens with one attached hydrogen (secondary N) is 2. The molecule has 0 aliphatic carbocycles. The quantitative estimate of drug-likeness (QED) is 0.878. The van der Waals surface area contributed by atoms with Gasteiger partial charge in [-0.05, 0) is 38.3 Å². The van der Waals surface area contributed by atoms with Crippen molar-refractivity contribution < 1.29 is 9.18 Å². The highest BCUT2D eigenvalue weighted by atomic mass is 19.1. The van der Waals surface area contributed by atoms with Gasteiger partial charge in [0.25, 0.3) is 0 Å². The molecule has 22 heavy (non-hydrogen) atoms. The first-order valence-electron chi connectivity index (χ1n) is 8.04. The summed E-state index contributed by atoms with van der Waals surface area (Å²) < 4.78 is 13.5. The van der Waals surface area contributed by atoms with Gasteiger partial charge < -0.3 is 15.5 Å². The fourth-order valence-corrected chi connectivity index (χ4v) is 2.98. The Balaban J connectivity index is 1.71. The van der Waals surface area contributed by atoms with Gasteiger partial charge in [0.2, 0.25) is 0 Å². The van der Waals surface area contributed by atoms with Crippen LogP contribution in [-0.4, -0.2) is 36.6 Å². The lowest BCUT2D eigenvalue weighted by Gasteiger charge is -2.32. The zero-order chi connectivity index (χ0) is 15.9. The molecule has 0 spiro atoms. The SMILES string of the molecule is C[C@@H]1CCCN(C[C@H](C)NC(=O)NCc2ccccc2F)C1. The van der Waals surface area contributed by atoms with Gasteiger partial charge in [0.05, 0.1) is 0 Å². The summed E-state index contributed by atoms with van der Waals surface area (Å²) in [5, 5.41) is 5.63. The highest BCUT2D eigenvalue weighted by molar-refractivity contribution is 5.74. The zero-order valence-electron chi connectivity index (χ0n) is 13.4. The summed E-state index contributed by atoms with van der Waals surface area (Å²) in [6.45, 7) is 7.53. The summed E-state index contributed by atoms with van der Waals surface area (Å²) in [6, 6.07) is 6.30. The summed E-state index contributed by atoms with van der Waals surface area (Å²) in [7, 11) is 0. The maximum atomic E-state index is 13.5. The number of nitrogens with zero attached hydrogens (tertiary/aromatic N) is 1. The van der Waals surface area contributed by atoms with Gasteiger partial charge in [-0.3, -0.25) is 0 Å². The van der Waals surface area contributed by atoms with Crippen molar-refractivity contribution in [2.75, 3.05) is 19.6 Å². The third-order valence-corrected chi connectivity index (χ3v) is 4.05. The lowest BCUT2D eigenvalue weighted by molar-refractivity contribution is 0.169. The van der Waals surface area contributed by atoms with Crippen molar-refractivity contribution in [1.82, 2.24) is 15.5 Å². The number of piperidine rings is 1. The van der Waals surface area contributed by atoms with E-state index in [0.29, 0.717) is 5.56 Å². The molecule has 1 fully saturated rings. The van der Waals surface area contributed by atoms with Gasteiger partial charge in [-0.1, -0.05) is 25.1 Å². The molecule has 2 amide bonds. The van der Waals surface area contributed by atoms with Crippen LogP contribution >= 0.6 is 0 Å². The number of hydrogen-bond donors (Lipinski definition) is 2. The number of halogens is 1. The predicted molar refractivity (Wildman–Crippen MR) is 86.1 cm³/mol. The smallest absolute Gasteiger partial charge is 0.315 e. The largest absolute Gasteiger partial charge is 0.334 e. The van der Waals surface area contributed by atoms with Crippen LogP contribution in [0.15, 0.2) is 24.3 Å². The van der Waals surface area contributed by atoms with Crippen molar-refractivity contribution in [3.05, 3.63) is 35.6 Å². The second kappa shape index (κ2) is 8.13. The maximum absolute atomic E-state index is 13.5. The zero-order valence-corrected chi connectivity index (χ0v) is 13.4. The van der Waals surface area contributed by atoms with E-state index in [4.69, 9.17) is 0 Å². The average Bonchev–Trinajstić information content (AvgIpc) is 2.46. The Morgan fingerprint density at radius 1 is 1.45 bits per heavy atom. The van der Waals surface area contributed by atoms with Crippen molar-refractivity contribution in [1.29, 1.82) is 0 Å². The summed E-state index contributed by atoms with van der Waals surface area (Å²) in [5.41, 5.74) is 0.496. The molecule has 2 N–H and O–H groups in total. The van der Waals surface area contributed by atoms with Crippen LogP contribution in [0.25, 0.3) is 0 Å². The first-order chi connectivity index (χ1) is 10.5. The predicted octanol–water partition coefficient (Wildman–Crippen LogP) is 2.75. The third kappa shape index (κ3) is 5.30. The van der Waals surface area contributed by atoms with E-state index in [1.54, 1.807) is 18.2 Å². The highest BCUT2D eigenvalue weighted by Gasteiger charge is 2.18. The number of urea groups is 1. The van der Waals surface area contributed by atoms with E-state index >= 15 is 0 Å². The van der Waals surface area contributed by atoms with E-state index < -0.39 is 0 Å². The van der Waals surface area contributed by atoms with E-state index in [1.165, 1.54) is 18.9 Å². The lowest BCUT2D eigenvalue weighted by atomic mass is 10.00. The second-order valence-electron chi connectivity index (χ2n) is 6.33. The molecule has 0 saturated carbocycles. The van der Waals surface area contributed by atoms with Crippen molar-refractivity contribution in [2.45, 2.75) is 39.3 Å². The van der Waals surface area contributed by atoms with Crippen LogP contribution < -0.4 is 10.6 Å². The third-order valence-electron chi connectivity index (χ3n) is 4.05. The van der Waals surface area contributed by atoms with Gasteiger partial charge in [0, 0.05) is 31.2 Å². The normalized spacial score (nSPS) is 20.4. The first-order valence-corrected chi connectivity index (χ1v) is 8.04. The minimum absolute atomic E-state index is 0.0749. The molecule has 1 saturated heterocycles. The van der Waals surface area contributed by atoms with Crippen molar-refractivity contribution >= 4 is 6.03 Å². The number of likely N-dealkylation sites (tertiary alicyclic amines) is 1. The standard InChI is InChI=1S/C17H26FN3O/c1-13-6-5-9-21(11-13)12-14(2)20-17(22)19-10-15-7-3-4-8-16(15)18/h3-4,7-8,13-14H,5-6,9-12H2,1-2H3,(H2,19,20,22)/t13-,14+/m1/s1. The summed E-state index contributed by atoms with van der Waals surface area (Å²) in [4.78, 5) is 14.3. The fraction of sp³-hybridized carbons (Fsp3) is 0.588. The first kappa shape index (κ1) is 16.7. The van der Waals surface area contributed by atoms with Crippen molar-refractivity contribution in [2.24, 2.45) is 5.92 Å². The van der Waals surface area contributed by atoms with Crippen LogP contribution in [0.1, 0.15) is 32.3 Å². The molecule has 4 nitrogen and oxygen atoms in total. The van der Waals surface area contributed by atoms with Crippen LogP contribution in [0.3, 0.4) is 0 Å². The van der Waals surface area contributed by atoms with Gasteiger partial charge in [-0.25, -0.2) is 9.18 Å². The molecule has 1 heterocycles. The van der Waals surface area contributed by atoms with Gasteiger partial charge in [0.1, 0.15) is 5.82 Å². The van der Waals surface area contributed by atoms with Crippen LogP contribution in [0.5, 0.6) is 0 Å². The Morgan fingerprint density at radius 3 is 2.95 bits per heavy atom. The molecule has 5 heteroatoms. The Hall–Kier alpha value is -1.62. The minimum atomic E-state index is -0.293. The van der Waals surface area contributed by atoms with Crippen LogP contribution in [0.2, 0.25) is 0 Å². The number of carbonyl (C=O) groups excluding carboxylic acids is 1. The van der Waals surface area contributed by atoms with E-state index in [-0.39, 0.29) is 24.4 Å². The van der Waals surface area contributed by atoms with Gasteiger partial charge in [-0.15, -0.1) is 0 Å². The number of rotatable bonds is 5. The van der Waals surface area contributed by atoms with Crippen LogP contribution in [0, 0.1) is 11.7 Å². The number of hydrogen-bond acceptors (Lipinski definition) is 2. The second-order valence-corrected chi connectivity index (χ2v) is 6.33. The van der Waals surface area contributed by atoms with E-state index in [9.17, 15) is 9.18 Å². The molecule has 2 atom stereocenters. The topological polar surface area (TPSA) is 44.4 Å². The molecule has 1 aliphatic heterocycles. The van der Waals surface area contributed by atoms with Crippen LogP contribution in [0.4, 0.5) is 9.18 Å². The molecular formula is C17H26FN3O. The van der Waals surface area contributed by atoms with Gasteiger partial charge in [0.15, 0.2) is 0 Å². The summed E-state index contributed by atoms with van der Waals surface area (Å²) in [5.74, 6) is 0.439. The molecular weight excluding hydrogens is 281 g/mol. The Labute approximate surface area is 132 Å². The van der Waals surface area contributed by atoms with Gasteiger partial charge >= 0.3 is 6.03 Å². The maximum Gasteiger partial charge on any atom is 0.315 e. The van der Waals surface area contributed by atoms with Gasteiger partial charge in [-0.2, -0.15) is 0 Å². The van der Waals surface area contributed by atoms with E-state index in [2.05, 4.69) is 22.5 Å². The van der Waals surface area contributed by atoms with Crippen molar-refractivity contribution in [3.8, 4) is 0 Å². The monoisotopic (exact) mass is 307 g/mol. The number of carbonyl (C=O) groups is 1. The summed E-state index contributed by atoms with van der Waals surface area (Å²) >= 11 is 0. The summed E-state index contributed by atoms with van der Waals surface area (Å²) in [6.07, 6.45) is 2.52. The molecule has 0 radical (unpaired) electrons. The van der Waals surface area contributed by atoms with E-state index in [1.807, 2.05) is 6.92 Å². The molecule has 0 aromatic heterocycles. The average molecular weight is 307 g/mol. The molecule has 1 aromatic carbocycles. The Kier molecular flexibility index (Phi) is 6.19. The van der Waals surface area contributed by atoms with Crippen molar-refractivity contribution in [3.63, 3.8) is 0 Å². The number of benzene rings is 1. The minimum Gasteiger partial charge on any atom is -0.334 e. The highest BCUT2D eigenvalue weighted by Crippen LogP contribution is 2.15. The fourth-order valence-electron chi connectivity index (χ4n) is 2.98. The Bertz CT molecular complexity index is 495. The molecule has 0 bridgehead atoms. The molecule has 1 aromatic rings.